The Morgan fingerprint density at radius 1 is 0.375 bits per heavy atom. The number of nitrogens with zero attached hydrogens (tertiary/aromatic N) is 5. The summed E-state index contributed by atoms with van der Waals surface area (Å²) in [5.74, 6) is 2.57. The Hall–Kier alpha value is -7.35. The minimum Gasteiger partial charge on any atom is -0.456 e. The molecular weight excluding hydrogens is 707 g/mol. The molecule has 0 unspecified atom stereocenters. The highest BCUT2D eigenvalue weighted by Gasteiger charge is 2.20. The average molecular weight is 736 g/mol. The fourth-order valence-corrected chi connectivity index (χ4v) is 8.60. The number of fused-ring (bicyclic) bond motifs is 6. The van der Waals surface area contributed by atoms with Crippen LogP contribution in [-0.2, 0) is 0 Å². The lowest BCUT2D eigenvalue weighted by atomic mass is 10.0. The number of benzene rings is 7. The second-order valence-corrected chi connectivity index (χ2v) is 14.7. The van der Waals surface area contributed by atoms with Gasteiger partial charge in [0, 0.05) is 48.7 Å². The molecule has 4 aromatic heterocycles. The molecule has 0 amide bonds. The zero-order valence-corrected chi connectivity index (χ0v) is 30.6. The van der Waals surface area contributed by atoms with E-state index in [9.17, 15) is 0 Å². The van der Waals surface area contributed by atoms with E-state index in [0.29, 0.717) is 23.3 Å². The summed E-state index contributed by atoms with van der Waals surface area (Å²) >= 11 is 1.74. The van der Waals surface area contributed by atoms with E-state index in [0.717, 1.165) is 82.2 Å². The van der Waals surface area contributed by atoms with E-state index < -0.39 is 0 Å². The van der Waals surface area contributed by atoms with Crippen molar-refractivity contribution in [3.8, 4) is 67.9 Å². The van der Waals surface area contributed by atoms with Crippen molar-refractivity contribution in [2.75, 3.05) is 0 Å². The van der Waals surface area contributed by atoms with Crippen LogP contribution in [0.2, 0.25) is 0 Å². The minimum atomic E-state index is 0.621. The van der Waals surface area contributed by atoms with Gasteiger partial charge >= 0.3 is 0 Å². The maximum Gasteiger partial charge on any atom is 0.164 e. The number of hydrogen-bond donors (Lipinski definition) is 0. The molecule has 0 saturated heterocycles. The summed E-state index contributed by atoms with van der Waals surface area (Å²) in [5, 5.41) is 3.15. The third-order valence-corrected chi connectivity index (χ3v) is 11.3. The van der Waals surface area contributed by atoms with Gasteiger partial charge in [-0.3, -0.25) is 0 Å². The summed E-state index contributed by atoms with van der Waals surface area (Å²) in [7, 11) is 0. The van der Waals surface area contributed by atoms with E-state index in [-0.39, 0.29) is 0 Å². The summed E-state index contributed by atoms with van der Waals surface area (Å²) in [4.78, 5) is 25.2. The van der Waals surface area contributed by atoms with Gasteiger partial charge in [0.05, 0.1) is 15.9 Å². The van der Waals surface area contributed by atoms with E-state index in [1.807, 2.05) is 78.9 Å². The van der Waals surface area contributed by atoms with E-state index in [4.69, 9.17) is 29.3 Å². The molecule has 11 aromatic rings. The van der Waals surface area contributed by atoms with Gasteiger partial charge in [-0.1, -0.05) is 152 Å². The van der Waals surface area contributed by atoms with Crippen LogP contribution in [0.1, 0.15) is 0 Å². The fraction of sp³-hybridized carbons (Fsp3) is 0. The first-order valence-electron chi connectivity index (χ1n) is 18.4. The molecule has 56 heavy (non-hydrogen) atoms. The van der Waals surface area contributed by atoms with Gasteiger partial charge in [0.25, 0.3) is 0 Å². The standard InChI is InChI=1S/C49H29N5OS/c1-4-13-31(14-5-1)43-45-44(37-19-10-11-22-41(37)56-45)51-49(50-43)38-20-12-21-39-42(38)36-28-27-35(29-40(36)55-39)30-23-25-34(26-24-30)48-53-46(32-15-6-2-7-16-32)52-47(54-48)33-17-8-3-9-18-33/h1-29H. The summed E-state index contributed by atoms with van der Waals surface area (Å²) in [5.41, 5.74) is 10.4. The van der Waals surface area contributed by atoms with Crippen molar-refractivity contribution in [3.63, 3.8) is 0 Å². The van der Waals surface area contributed by atoms with Crippen molar-refractivity contribution in [3.05, 3.63) is 176 Å². The van der Waals surface area contributed by atoms with Crippen LogP contribution in [0.15, 0.2) is 180 Å². The van der Waals surface area contributed by atoms with Crippen molar-refractivity contribution < 1.29 is 4.42 Å². The van der Waals surface area contributed by atoms with Crippen LogP contribution in [0.3, 0.4) is 0 Å². The third kappa shape index (κ3) is 5.52. The topological polar surface area (TPSA) is 77.6 Å². The Balaban J connectivity index is 0.992. The molecule has 0 fully saturated rings. The average Bonchev–Trinajstić information content (AvgIpc) is 3.85. The molecule has 0 spiro atoms. The number of aromatic nitrogens is 5. The van der Waals surface area contributed by atoms with Crippen LogP contribution in [0.25, 0.3) is 110 Å². The summed E-state index contributed by atoms with van der Waals surface area (Å²) in [6.07, 6.45) is 0. The molecule has 0 atom stereocenters. The lowest BCUT2D eigenvalue weighted by Crippen LogP contribution is -2.00. The van der Waals surface area contributed by atoms with Crippen LogP contribution in [0.5, 0.6) is 0 Å². The Morgan fingerprint density at radius 2 is 0.946 bits per heavy atom. The lowest BCUT2D eigenvalue weighted by Gasteiger charge is -2.09. The molecule has 0 bridgehead atoms. The normalized spacial score (nSPS) is 11.6. The predicted octanol–water partition coefficient (Wildman–Crippen LogP) is 12.9. The van der Waals surface area contributed by atoms with Crippen molar-refractivity contribution >= 4 is 53.6 Å². The molecule has 11 rings (SSSR count). The molecular formula is C49H29N5OS. The Bertz CT molecular complexity index is 3180. The van der Waals surface area contributed by atoms with Gasteiger partial charge < -0.3 is 4.42 Å². The van der Waals surface area contributed by atoms with Crippen LogP contribution in [0.4, 0.5) is 0 Å². The Kier molecular flexibility index (Phi) is 7.57. The zero-order valence-electron chi connectivity index (χ0n) is 29.8. The van der Waals surface area contributed by atoms with Gasteiger partial charge in [0.2, 0.25) is 0 Å². The lowest BCUT2D eigenvalue weighted by molar-refractivity contribution is 0.669. The van der Waals surface area contributed by atoms with Crippen LogP contribution < -0.4 is 0 Å². The van der Waals surface area contributed by atoms with E-state index >= 15 is 0 Å². The van der Waals surface area contributed by atoms with Gasteiger partial charge in [-0.05, 0) is 35.4 Å². The number of thiophene rings is 1. The van der Waals surface area contributed by atoms with Crippen LogP contribution in [0, 0.1) is 0 Å². The van der Waals surface area contributed by atoms with Crippen molar-refractivity contribution in [1.29, 1.82) is 0 Å². The zero-order chi connectivity index (χ0) is 37.0. The summed E-state index contributed by atoms with van der Waals surface area (Å²) < 4.78 is 8.84. The first-order valence-corrected chi connectivity index (χ1v) is 19.2. The fourth-order valence-electron chi connectivity index (χ4n) is 7.44. The molecule has 262 valence electrons. The first-order chi connectivity index (χ1) is 27.7. The second-order valence-electron chi connectivity index (χ2n) is 13.6. The predicted molar refractivity (Wildman–Crippen MR) is 228 cm³/mol. The Labute approximate surface area is 325 Å². The molecule has 0 radical (unpaired) electrons. The molecule has 0 aliphatic heterocycles. The van der Waals surface area contributed by atoms with Crippen LogP contribution in [-0.4, -0.2) is 24.9 Å². The summed E-state index contributed by atoms with van der Waals surface area (Å²) in [6, 6.07) is 59.8. The number of rotatable bonds is 6. The molecule has 0 N–H and O–H groups in total. The third-order valence-electron chi connectivity index (χ3n) is 10.2. The molecule has 0 saturated carbocycles. The quantitative estimate of drug-likeness (QED) is 0.169. The number of hydrogen-bond acceptors (Lipinski definition) is 7. The van der Waals surface area contributed by atoms with Gasteiger partial charge in [-0.25, -0.2) is 24.9 Å². The second kappa shape index (κ2) is 13.2. The van der Waals surface area contributed by atoms with Crippen LogP contribution >= 0.6 is 11.3 Å². The van der Waals surface area contributed by atoms with Crippen molar-refractivity contribution in [2.24, 2.45) is 0 Å². The SMILES string of the molecule is c1ccc(-c2nc(-c3ccccc3)nc(-c3ccc(-c4ccc5c(c4)oc4cccc(-c6nc(-c7ccccc7)c7sc8ccccc8c7n6)c45)cc3)n2)cc1. The summed E-state index contributed by atoms with van der Waals surface area (Å²) in [6.45, 7) is 0. The van der Waals surface area contributed by atoms with Gasteiger partial charge in [-0.15, -0.1) is 11.3 Å². The molecule has 0 aliphatic carbocycles. The van der Waals surface area contributed by atoms with Crippen molar-refractivity contribution in [2.45, 2.75) is 0 Å². The largest absolute Gasteiger partial charge is 0.456 e. The number of furan rings is 1. The minimum absolute atomic E-state index is 0.621. The highest BCUT2D eigenvalue weighted by Crippen LogP contribution is 2.42. The first kappa shape index (κ1) is 32.1. The monoisotopic (exact) mass is 735 g/mol. The van der Waals surface area contributed by atoms with Gasteiger partial charge in [-0.2, -0.15) is 0 Å². The molecule has 7 heteroatoms. The highest BCUT2D eigenvalue weighted by atomic mass is 32.1. The maximum atomic E-state index is 6.56. The van der Waals surface area contributed by atoms with E-state index in [1.54, 1.807) is 11.3 Å². The van der Waals surface area contributed by atoms with E-state index in [1.165, 1.54) is 4.70 Å². The van der Waals surface area contributed by atoms with Gasteiger partial charge in [0.15, 0.2) is 23.3 Å². The Morgan fingerprint density at radius 3 is 1.62 bits per heavy atom. The smallest absolute Gasteiger partial charge is 0.164 e. The molecule has 7 aromatic carbocycles. The highest BCUT2D eigenvalue weighted by molar-refractivity contribution is 7.26. The van der Waals surface area contributed by atoms with Crippen molar-refractivity contribution in [1.82, 2.24) is 24.9 Å². The van der Waals surface area contributed by atoms with E-state index in [2.05, 4.69) is 97.1 Å². The molecule has 0 aliphatic rings. The van der Waals surface area contributed by atoms with Gasteiger partial charge in [0.1, 0.15) is 11.2 Å². The molecule has 6 nitrogen and oxygen atoms in total. The maximum absolute atomic E-state index is 6.56. The molecule has 4 heterocycles.